The van der Waals surface area contributed by atoms with Gasteiger partial charge in [-0.2, -0.15) is 0 Å². The topological polar surface area (TPSA) is 58.7 Å². The molecule has 152 valence electrons. The van der Waals surface area contributed by atoms with E-state index in [-0.39, 0.29) is 17.3 Å². The number of nitrogens with zero attached hydrogens (tertiary/aromatic N) is 2. The number of aliphatic imine (C=N–C) groups is 1. The monoisotopic (exact) mass is 397 g/mol. The number of hydrogen-bond acceptors (Lipinski definition) is 3. The first-order chi connectivity index (χ1) is 14.2. The van der Waals surface area contributed by atoms with E-state index in [0.717, 1.165) is 22.3 Å². The van der Waals surface area contributed by atoms with Crippen molar-refractivity contribution in [1.82, 2.24) is 4.90 Å². The number of rotatable bonds is 3. The van der Waals surface area contributed by atoms with Crippen LogP contribution in [0, 0.1) is 0 Å². The number of carbonyl (C=O) groups is 1. The van der Waals surface area contributed by atoms with Gasteiger partial charge in [0.25, 0.3) is 5.91 Å². The molecule has 4 nitrogen and oxygen atoms in total. The van der Waals surface area contributed by atoms with Crippen LogP contribution in [0.3, 0.4) is 0 Å². The summed E-state index contributed by atoms with van der Waals surface area (Å²) >= 11 is 0. The summed E-state index contributed by atoms with van der Waals surface area (Å²) < 4.78 is 0. The Hall–Kier alpha value is -3.40. The van der Waals surface area contributed by atoms with E-state index in [1.54, 1.807) is 7.05 Å². The van der Waals surface area contributed by atoms with Crippen molar-refractivity contribution in [2.75, 3.05) is 7.05 Å². The minimum atomic E-state index is -1.17. The average molecular weight is 398 g/mol. The van der Waals surface area contributed by atoms with E-state index in [2.05, 4.69) is 56.1 Å². The summed E-state index contributed by atoms with van der Waals surface area (Å²) in [5, 5.41) is 0. The van der Waals surface area contributed by atoms with Crippen LogP contribution in [0.2, 0.25) is 0 Å². The van der Waals surface area contributed by atoms with Gasteiger partial charge in [0.2, 0.25) is 0 Å². The van der Waals surface area contributed by atoms with Crippen LogP contribution in [0.1, 0.15) is 37.5 Å². The van der Waals surface area contributed by atoms with Gasteiger partial charge in [-0.15, -0.1) is 0 Å². The molecule has 0 radical (unpaired) electrons. The highest BCUT2D eigenvalue weighted by atomic mass is 16.2. The van der Waals surface area contributed by atoms with E-state index in [0.29, 0.717) is 0 Å². The third kappa shape index (κ3) is 3.18. The first-order valence-corrected chi connectivity index (χ1v) is 10.1. The van der Waals surface area contributed by atoms with Gasteiger partial charge in [0.1, 0.15) is 0 Å². The molecule has 4 heteroatoms. The van der Waals surface area contributed by atoms with Crippen molar-refractivity contribution in [1.29, 1.82) is 0 Å². The van der Waals surface area contributed by atoms with Crippen LogP contribution in [0.15, 0.2) is 83.9 Å². The van der Waals surface area contributed by atoms with Gasteiger partial charge in [-0.05, 0) is 39.3 Å². The standard InChI is InChI=1S/C26H27N3O/c1-25(2,3)20-15-13-18(14-16-20)19-9-8-12-22(17-19)26(21-10-6-5-7-11-21)23(30)29(4)24(27)28-26/h5-17H,1-4H3,(H2,27,28). The molecule has 1 atom stereocenters. The first-order valence-electron chi connectivity index (χ1n) is 10.1. The van der Waals surface area contributed by atoms with Gasteiger partial charge in [0, 0.05) is 7.05 Å². The Morgan fingerprint density at radius 1 is 0.833 bits per heavy atom. The third-order valence-electron chi connectivity index (χ3n) is 5.80. The lowest BCUT2D eigenvalue weighted by Gasteiger charge is -2.26. The van der Waals surface area contributed by atoms with Gasteiger partial charge >= 0.3 is 0 Å². The second kappa shape index (κ2) is 7.13. The lowest BCUT2D eigenvalue weighted by molar-refractivity contribution is -0.129. The van der Waals surface area contributed by atoms with Gasteiger partial charge in [-0.3, -0.25) is 9.69 Å². The number of hydrogen-bond donors (Lipinski definition) is 1. The number of likely N-dealkylation sites (N-methyl/N-ethyl adjacent to an activating group) is 1. The maximum atomic E-state index is 13.4. The van der Waals surface area contributed by atoms with Gasteiger partial charge in [0.05, 0.1) is 0 Å². The van der Waals surface area contributed by atoms with Crippen LogP contribution in [0.5, 0.6) is 0 Å². The maximum absolute atomic E-state index is 13.4. The fourth-order valence-corrected chi connectivity index (χ4v) is 3.95. The zero-order valence-corrected chi connectivity index (χ0v) is 17.9. The Bertz CT molecular complexity index is 1110. The van der Waals surface area contributed by atoms with Gasteiger partial charge in [-0.1, -0.05) is 93.6 Å². The Morgan fingerprint density at radius 3 is 2.03 bits per heavy atom. The van der Waals surface area contributed by atoms with E-state index in [9.17, 15) is 4.79 Å². The third-order valence-corrected chi connectivity index (χ3v) is 5.80. The molecule has 0 fully saturated rings. The van der Waals surface area contributed by atoms with Crippen LogP contribution in [0.4, 0.5) is 0 Å². The molecule has 3 aromatic carbocycles. The summed E-state index contributed by atoms with van der Waals surface area (Å²) in [5.74, 6) is 0.0789. The summed E-state index contributed by atoms with van der Waals surface area (Å²) in [4.78, 5) is 19.5. The molecule has 4 rings (SSSR count). The zero-order chi connectivity index (χ0) is 21.5. The Balaban J connectivity index is 1.84. The SMILES string of the molecule is CN1C(=O)C(c2ccccc2)(c2cccc(-c3ccc(C(C)(C)C)cc3)c2)N=C1N. The van der Waals surface area contributed by atoms with Crippen molar-refractivity contribution in [2.24, 2.45) is 10.7 Å². The first kappa shape index (κ1) is 19.9. The molecule has 0 saturated carbocycles. The second-order valence-electron chi connectivity index (χ2n) is 8.82. The highest BCUT2D eigenvalue weighted by molar-refractivity contribution is 6.09. The summed E-state index contributed by atoms with van der Waals surface area (Å²) in [6.45, 7) is 6.62. The Morgan fingerprint density at radius 2 is 1.47 bits per heavy atom. The minimum Gasteiger partial charge on any atom is -0.369 e. The number of carbonyl (C=O) groups excluding carboxylic acids is 1. The van der Waals surface area contributed by atoms with Crippen molar-refractivity contribution in [3.8, 4) is 11.1 Å². The van der Waals surface area contributed by atoms with Crippen LogP contribution in [-0.4, -0.2) is 23.8 Å². The van der Waals surface area contributed by atoms with E-state index < -0.39 is 5.54 Å². The second-order valence-corrected chi connectivity index (χ2v) is 8.82. The van der Waals surface area contributed by atoms with Gasteiger partial charge in [0.15, 0.2) is 11.5 Å². The molecule has 0 spiro atoms. The lowest BCUT2D eigenvalue weighted by atomic mass is 9.81. The Labute approximate surface area is 178 Å². The fraction of sp³-hybridized carbons (Fsp3) is 0.231. The van der Waals surface area contributed by atoms with Gasteiger partial charge in [-0.25, -0.2) is 4.99 Å². The number of guanidine groups is 1. The quantitative estimate of drug-likeness (QED) is 0.697. The van der Waals surface area contributed by atoms with Crippen molar-refractivity contribution in [3.05, 3.63) is 95.6 Å². The molecule has 1 unspecified atom stereocenters. The average Bonchev–Trinajstić information content (AvgIpc) is 2.99. The van der Waals surface area contributed by atoms with E-state index in [1.165, 1.54) is 10.5 Å². The largest absolute Gasteiger partial charge is 0.369 e. The molecule has 0 saturated heterocycles. The van der Waals surface area contributed by atoms with Crippen molar-refractivity contribution in [2.45, 2.75) is 31.7 Å². The number of nitrogens with two attached hydrogens (primary N) is 1. The van der Waals surface area contributed by atoms with Crippen molar-refractivity contribution in [3.63, 3.8) is 0 Å². The summed E-state index contributed by atoms with van der Waals surface area (Å²) in [5.41, 5.74) is 10.1. The fourth-order valence-electron chi connectivity index (χ4n) is 3.95. The van der Waals surface area contributed by atoms with E-state index in [4.69, 9.17) is 5.73 Å². The Kier molecular flexibility index (Phi) is 4.73. The molecule has 1 aliphatic rings. The summed E-state index contributed by atoms with van der Waals surface area (Å²) in [6.07, 6.45) is 0. The molecule has 30 heavy (non-hydrogen) atoms. The zero-order valence-electron chi connectivity index (χ0n) is 17.9. The highest BCUT2D eigenvalue weighted by Crippen LogP contribution is 2.40. The summed E-state index contributed by atoms with van der Waals surface area (Å²) in [7, 11) is 1.67. The molecular weight excluding hydrogens is 370 g/mol. The normalized spacial score (nSPS) is 19.1. The molecule has 3 aromatic rings. The van der Waals surface area contributed by atoms with Crippen molar-refractivity contribution >= 4 is 11.9 Å². The maximum Gasteiger partial charge on any atom is 0.266 e. The van der Waals surface area contributed by atoms with Crippen LogP contribution < -0.4 is 5.73 Å². The van der Waals surface area contributed by atoms with Gasteiger partial charge < -0.3 is 5.73 Å². The number of benzene rings is 3. The molecule has 0 aromatic heterocycles. The predicted molar refractivity (Wildman–Crippen MR) is 122 cm³/mol. The van der Waals surface area contributed by atoms with Crippen LogP contribution in [0.25, 0.3) is 11.1 Å². The van der Waals surface area contributed by atoms with Crippen molar-refractivity contribution < 1.29 is 4.79 Å². The molecule has 1 amide bonds. The number of amides is 1. The molecule has 1 aliphatic heterocycles. The minimum absolute atomic E-state index is 0.102. The van der Waals surface area contributed by atoms with E-state index >= 15 is 0 Å². The van der Waals surface area contributed by atoms with Crippen LogP contribution >= 0.6 is 0 Å². The molecule has 0 aliphatic carbocycles. The molecular formula is C26H27N3O. The molecule has 2 N–H and O–H groups in total. The van der Waals surface area contributed by atoms with Crippen LogP contribution in [-0.2, 0) is 15.7 Å². The highest BCUT2D eigenvalue weighted by Gasteiger charge is 2.49. The summed E-state index contributed by atoms with van der Waals surface area (Å²) in [6, 6.07) is 26.3. The smallest absolute Gasteiger partial charge is 0.266 e. The van der Waals surface area contributed by atoms with E-state index in [1.807, 2.05) is 48.5 Å². The molecule has 0 bridgehead atoms. The lowest BCUT2D eigenvalue weighted by Crippen LogP contribution is -2.41. The predicted octanol–water partition coefficient (Wildman–Crippen LogP) is 4.68. The molecule has 1 heterocycles.